The second-order valence-corrected chi connectivity index (χ2v) is 11.3. The number of carbonyl (C=O) groups excluding carboxylic acids is 1. The Labute approximate surface area is 175 Å². The molecular formula is C17H26FN3O5S3. The minimum atomic E-state index is -4.24. The van der Waals surface area contributed by atoms with Crippen LogP contribution in [0.2, 0.25) is 0 Å². The number of sulfonamides is 2. The number of carbonyl (C=O) groups is 1. The highest BCUT2D eigenvalue weighted by molar-refractivity contribution is 7.98. The molecule has 1 aliphatic rings. The van der Waals surface area contributed by atoms with Gasteiger partial charge in [-0.15, -0.1) is 0 Å². The Kier molecular flexibility index (Phi) is 8.47. The molecule has 0 saturated carbocycles. The van der Waals surface area contributed by atoms with E-state index in [4.69, 9.17) is 0 Å². The molecule has 29 heavy (non-hydrogen) atoms. The van der Waals surface area contributed by atoms with Crippen LogP contribution in [0.5, 0.6) is 0 Å². The molecule has 2 N–H and O–H groups in total. The first kappa shape index (κ1) is 24.1. The molecule has 0 radical (unpaired) electrons. The van der Waals surface area contributed by atoms with E-state index >= 15 is 0 Å². The van der Waals surface area contributed by atoms with E-state index in [1.807, 2.05) is 6.26 Å². The van der Waals surface area contributed by atoms with Crippen LogP contribution in [-0.4, -0.2) is 71.1 Å². The van der Waals surface area contributed by atoms with Crippen molar-refractivity contribution in [3.05, 3.63) is 30.1 Å². The summed E-state index contributed by atoms with van der Waals surface area (Å²) >= 11 is 1.46. The molecule has 8 nitrogen and oxygen atoms in total. The van der Waals surface area contributed by atoms with Crippen LogP contribution in [0, 0.1) is 5.82 Å². The monoisotopic (exact) mass is 467 g/mol. The highest BCUT2D eigenvalue weighted by atomic mass is 32.2. The molecule has 1 fully saturated rings. The van der Waals surface area contributed by atoms with E-state index in [0.29, 0.717) is 25.1 Å². The molecule has 0 bridgehead atoms. The molecule has 164 valence electrons. The Hall–Kier alpha value is -1.21. The maximum Gasteiger partial charge on any atom is 0.244 e. The van der Waals surface area contributed by atoms with Gasteiger partial charge in [0.2, 0.25) is 26.0 Å². The van der Waals surface area contributed by atoms with E-state index in [2.05, 4.69) is 9.44 Å². The number of thioether (sulfide) groups is 1. The molecule has 1 amide bonds. The van der Waals surface area contributed by atoms with Crippen molar-refractivity contribution in [1.29, 1.82) is 0 Å². The van der Waals surface area contributed by atoms with Gasteiger partial charge in [0.25, 0.3) is 0 Å². The minimum absolute atomic E-state index is 0.156. The van der Waals surface area contributed by atoms with Gasteiger partial charge >= 0.3 is 0 Å². The summed E-state index contributed by atoms with van der Waals surface area (Å²) in [6.07, 6.45) is 4.30. The number of piperidine rings is 1. The third-order valence-corrected chi connectivity index (χ3v) is 7.36. The molecule has 2 rings (SSSR count). The quantitative estimate of drug-likeness (QED) is 0.555. The molecule has 2 atom stereocenters. The van der Waals surface area contributed by atoms with Crippen LogP contribution in [0.1, 0.15) is 19.3 Å². The largest absolute Gasteiger partial charge is 0.340 e. The first-order chi connectivity index (χ1) is 13.5. The number of halogens is 1. The van der Waals surface area contributed by atoms with E-state index in [1.54, 1.807) is 0 Å². The van der Waals surface area contributed by atoms with Gasteiger partial charge in [0, 0.05) is 19.1 Å². The number of nitrogens with one attached hydrogen (secondary N) is 2. The molecule has 0 aromatic heterocycles. The molecular weight excluding hydrogens is 441 g/mol. The average Bonchev–Trinajstić information content (AvgIpc) is 2.63. The number of nitrogens with zero attached hydrogens (tertiary/aromatic N) is 1. The fourth-order valence-corrected chi connectivity index (χ4v) is 5.75. The topological polar surface area (TPSA) is 113 Å². The third kappa shape index (κ3) is 7.21. The van der Waals surface area contributed by atoms with Gasteiger partial charge in [0.05, 0.1) is 6.26 Å². The molecule has 0 aliphatic carbocycles. The molecule has 12 heteroatoms. The smallest absolute Gasteiger partial charge is 0.244 e. The molecule has 1 aromatic rings. The summed E-state index contributed by atoms with van der Waals surface area (Å²) in [6, 6.07) is 3.48. The van der Waals surface area contributed by atoms with Crippen LogP contribution in [0.4, 0.5) is 4.39 Å². The SMILES string of the molecule is CSCCC(NS(=O)(=O)c1ccccc1F)C(=O)N1CCCC(NS(C)(=O)=O)C1. The Balaban J connectivity index is 2.18. The lowest BCUT2D eigenvalue weighted by Crippen LogP contribution is -2.55. The Bertz CT molecular complexity index is 924. The zero-order chi connectivity index (χ0) is 21.7. The number of benzene rings is 1. The fraction of sp³-hybridized carbons (Fsp3) is 0.588. The first-order valence-corrected chi connectivity index (χ1v) is 13.8. The number of amides is 1. The van der Waals surface area contributed by atoms with E-state index in [1.165, 1.54) is 28.8 Å². The van der Waals surface area contributed by atoms with Crippen LogP contribution >= 0.6 is 11.8 Å². The second-order valence-electron chi connectivity index (χ2n) is 6.90. The number of hydrogen-bond acceptors (Lipinski definition) is 6. The van der Waals surface area contributed by atoms with Crippen molar-refractivity contribution in [1.82, 2.24) is 14.3 Å². The van der Waals surface area contributed by atoms with Gasteiger partial charge in [-0.2, -0.15) is 16.5 Å². The lowest BCUT2D eigenvalue weighted by Gasteiger charge is -2.35. The number of likely N-dealkylation sites (tertiary alicyclic amines) is 1. The molecule has 1 saturated heterocycles. The third-order valence-electron chi connectivity index (χ3n) is 4.45. The van der Waals surface area contributed by atoms with E-state index in [-0.39, 0.29) is 13.0 Å². The van der Waals surface area contributed by atoms with Gasteiger partial charge in [-0.25, -0.2) is 25.9 Å². The molecule has 1 heterocycles. The van der Waals surface area contributed by atoms with Crippen molar-refractivity contribution in [3.63, 3.8) is 0 Å². The summed E-state index contributed by atoms with van der Waals surface area (Å²) < 4.78 is 67.1. The van der Waals surface area contributed by atoms with E-state index in [0.717, 1.165) is 18.4 Å². The maximum absolute atomic E-state index is 14.0. The predicted octanol–water partition coefficient (Wildman–Crippen LogP) is 0.766. The van der Waals surface area contributed by atoms with Crippen molar-refractivity contribution in [3.8, 4) is 0 Å². The lowest BCUT2D eigenvalue weighted by molar-refractivity contribution is -0.134. The molecule has 2 unspecified atom stereocenters. The highest BCUT2D eigenvalue weighted by Gasteiger charge is 2.33. The highest BCUT2D eigenvalue weighted by Crippen LogP contribution is 2.18. The summed E-state index contributed by atoms with van der Waals surface area (Å²) in [5, 5.41) is 0. The van der Waals surface area contributed by atoms with Crippen LogP contribution in [-0.2, 0) is 24.8 Å². The standard InChI is InChI=1S/C17H26FN3O5S3/c1-27-11-9-15(20-29(25,26)16-8-4-3-7-14(16)18)17(22)21-10-5-6-13(12-21)19-28(2,23)24/h3-4,7-8,13,15,19-20H,5-6,9-12H2,1-2H3. The van der Waals surface area contributed by atoms with Crippen LogP contribution in [0.15, 0.2) is 29.2 Å². The van der Waals surface area contributed by atoms with Gasteiger partial charge < -0.3 is 4.90 Å². The molecule has 1 aliphatic heterocycles. The van der Waals surface area contributed by atoms with Gasteiger partial charge in [0.1, 0.15) is 16.8 Å². The van der Waals surface area contributed by atoms with Crippen molar-refractivity contribution in [2.24, 2.45) is 0 Å². The summed E-state index contributed by atoms with van der Waals surface area (Å²) in [6.45, 7) is 0.557. The normalized spacial score (nSPS) is 19.1. The Morgan fingerprint density at radius 3 is 2.62 bits per heavy atom. The Morgan fingerprint density at radius 2 is 2.00 bits per heavy atom. The summed E-state index contributed by atoms with van der Waals surface area (Å²) in [4.78, 5) is 14.0. The number of hydrogen-bond donors (Lipinski definition) is 2. The van der Waals surface area contributed by atoms with Crippen molar-refractivity contribution in [2.75, 3.05) is 31.4 Å². The second kappa shape index (κ2) is 10.2. The van der Waals surface area contributed by atoms with Gasteiger partial charge in [-0.3, -0.25) is 4.79 Å². The molecule has 0 spiro atoms. The van der Waals surface area contributed by atoms with Gasteiger partial charge in [-0.1, -0.05) is 12.1 Å². The van der Waals surface area contributed by atoms with Gasteiger partial charge in [0.15, 0.2) is 0 Å². The van der Waals surface area contributed by atoms with Crippen molar-refractivity contribution in [2.45, 2.75) is 36.2 Å². The van der Waals surface area contributed by atoms with Crippen molar-refractivity contribution >= 4 is 37.7 Å². The fourth-order valence-electron chi connectivity index (χ4n) is 3.18. The van der Waals surface area contributed by atoms with E-state index < -0.39 is 48.8 Å². The number of rotatable bonds is 9. The first-order valence-electron chi connectivity index (χ1n) is 9.05. The van der Waals surface area contributed by atoms with Crippen LogP contribution in [0.3, 0.4) is 0 Å². The predicted molar refractivity (Wildman–Crippen MR) is 111 cm³/mol. The van der Waals surface area contributed by atoms with Crippen LogP contribution in [0.25, 0.3) is 0 Å². The average molecular weight is 468 g/mol. The maximum atomic E-state index is 14.0. The summed E-state index contributed by atoms with van der Waals surface area (Å²) in [7, 11) is -7.66. The molecule has 1 aromatic carbocycles. The zero-order valence-electron chi connectivity index (χ0n) is 16.3. The van der Waals surface area contributed by atoms with Crippen molar-refractivity contribution < 1.29 is 26.0 Å². The van der Waals surface area contributed by atoms with E-state index in [9.17, 15) is 26.0 Å². The Morgan fingerprint density at radius 1 is 1.31 bits per heavy atom. The zero-order valence-corrected chi connectivity index (χ0v) is 18.7. The summed E-state index contributed by atoms with van der Waals surface area (Å²) in [5.41, 5.74) is 0. The summed E-state index contributed by atoms with van der Waals surface area (Å²) in [5.74, 6) is -0.819. The lowest BCUT2D eigenvalue weighted by atomic mass is 10.1. The minimum Gasteiger partial charge on any atom is -0.340 e. The van der Waals surface area contributed by atoms with Crippen LogP contribution < -0.4 is 9.44 Å². The van der Waals surface area contributed by atoms with Gasteiger partial charge in [-0.05, 0) is 43.4 Å².